The van der Waals surface area contributed by atoms with Crippen LogP contribution in [0.2, 0.25) is 0 Å². The number of aliphatic hydroxyl groups is 1. The van der Waals surface area contributed by atoms with E-state index in [0.717, 1.165) is 0 Å². The molecule has 0 saturated carbocycles. The van der Waals surface area contributed by atoms with Crippen LogP contribution in [-0.4, -0.2) is 24.4 Å². The summed E-state index contributed by atoms with van der Waals surface area (Å²) >= 11 is 0. The maximum absolute atomic E-state index is 8.68. The van der Waals surface area contributed by atoms with Crippen LogP contribution in [-0.2, 0) is 4.74 Å². The first-order chi connectivity index (χ1) is 4.23. The minimum absolute atomic E-state index is 0.0185. The zero-order valence-electron chi connectivity index (χ0n) is 5.63. The second-order valence-electron chi connectivity index (χ2n) is 2.69. The number of rotatable bonds is 2. The summed E-state index contributed by atoms with van der Waals surface area (Å²) in [5, 5.41) is 8.68. The molecule has 1 fully saturated rings. The molecule has 0 aromatic carbocycles. The molecule has 0 radical (unpaired) electrons. The highest BCUT2D eigenvalue weighted by Crippen LogP contribution is 2.34. The predicted molar refractivity (Wildman–Crippen MR) is 35.1 cm³/mol. The van der Waals surface area contributed by atoms with Crippen molar-refractivity contribution >= 4 is 0 Å². The topological polar surface area (TPSA) is 29.5 Å². The zero-order valence-corrected chi connectivity index (χ0v) is 5.63. The van der Waals surface area contributed by atoms with Crippen LogP contribution in [0.1, 0.15) is 6.92 Å². The van der Waals surface area contributed by atoms with Gasteiger partial charge in [-0.25, -0.2) is 0 Å². The summed E-state index contributed by atoms with van der Waals surface area (Å²) in [4.78, 5) is 0. The molecule has 0 aliphatic carbocycles. The van der Waals surface area contributed by atoms with Gasteiger partial charge in [-0.05, 0) is 0 Å². The average Bonchev–Trinajstić information content (AvgIpc) is 1.85. The Morgan fingerprint density at radius 3 is 2.78 bits per heavy atom. The average molecular weight is 128 g/mol. The fourth-order valence-electron chi connectivity index (χ4n) is 0.916. The molecular weight excluding hydrogens is 116 g/mol. The van der Waals surface area contributed by atoms with Crippen molar-refractivity contribution in [3.8, 4) is 0 Å². The van der Waals surface area contributed by atoms with Gasteiger partial charge in [0.05, 0.1) is 19.3 Å². The first-order valence-corrected chi connectivity index (χ1v) is 3.09. The van der Waals surface area contributed by atoms with E-state index in [1.54, 1.807) is 0 Å². The molecule has 0 aromatic heterocycles. The van der Waals surface area contributed by atoms with E-state index >= 15 is 0 Å². The Bertz CT molecular complexity index is 120. The van der Waals surface area contributed by atoms with Crippen LogP contribution >= 0.6 is 0 Å². The quantitative estimate of drug-likeness (QED) is 0.551. The van der Waals surface area contributed by atoms with Gasteiger partial charge in [-0.3, -0.25) is 0 Å². The molecule has 0 spiro atoms. The smallest absolute Gasteiger partial charge is 0.0915 e. The van der Waals surface area contributed by atoms with Crippen LogP contribution in [0.4, 0.5) is 0 Å². The van der Waals surface area contributed by atoms with Crippen LogP contribution in [0.5, 0.6) is 0 Å². The molecule has 2 nitrogen and oxygen atoms in total. The Hall–Kier alpha value is -0.340. The molecule has 1 heterocycles. The van der Waals surface area contributed by atoms with Gasteiger partial charge in [-0.15, -0.1) is 6.58 Å². The number of ether oxygens (including phenoxy) is 1. The molecule has 9 heavy (non-hydrogen) atoms. The highest BCUT2D eigenvalue weighted by atomic mass is 16.5. The van der Waals surface area contributed by atoms with Crippen molar-refractivity contribution in [2.75, 3.05) is 13.2 Å². The van der Waals surface area contributed by atoms with Crippen LogP contribution in [0.3, 0.4) is 0 Å². The third-order valence-electron chi connectivity index (χ3n) is 1.96. The summed E-state index contributed by atoms with van der Waals surface area (Å²) < 4.78 is 5.07. The van der Waals surface area contributed by atoms with Gasteiger partial charge < -0.3 is 9.84 Å². The highest BCUT2D eigenvalue weighted by molar-refractivity contribution is 5.02. The minimum Gasteiger partial charge on any atom is -0.394 e. The standard InChI is InChI=1S/C7H12O2/c1-3-7(2)5-9-6(7)4-8/h3,6,8H,1,4-5H2,2H3. The van der Waals surface area contributed by atoms with E-state index in [4.69, 9.17) is 9.84 Å². The van der Waals surface area contributed by atoms with Crippen molar-refractivity contribution in [1.82, 2.24) is 0 Å². The molecule has 52 valence electrons. The number of hydrogen-bond donors (Lipinski definition) is 1. The van der Waals surface area contributed by atoms with E-state index in [0.29, 0.717) is 6.61 Å². The van der Waals surface area contributed by atoms with Crippen LogP contribution in [0.15, 0.2) is 12.7 Å². The highest BCUT2D eigenvalue weighted by Gasteiger charge is 2.40. The molecule has 1 aliphatic heterocycles. The Labute approximate surface area is 55.1 Å². The van der Waals surface area contributed by atoms with E-state index in [1.165, 1.54) is 0 Å². The van der Waals surface area contributed by atoms with Gasteiger partial charge in [-0.2, -0.15) is 0 Å². The van der Waals surface area contributed by atoms with E-state index in [9.17, 15) is 0 Å². The summed E-state index contributed by atoms with van der Waals surface area (Å²) in [6.07, 6.45) is 1.83. The maximum Gasteiger partial charge on any atom is 0.0915 e. The van der Waals surface area contributed by atoms with Gasteiger partial charge >= 0.3 is 0 Å². The lowest BCUT2D eigenvalue weighted by Gasteiger charge is -2.43. The van der Waals surface area contributed by atoms with Gasteiger partial charge in [0.15, 0.2) is 0 Å². The lowest BCUT2D eigenvalue weighted by atomic mass is 9.81. The molecule has 0 bridgehead atoms. The largest absolute Gasteiger partial charge is 0.394 e. The van der Waals surface area contributed by atoms with Crippen LogP contribution in [0.25, 0.3) is 0 Å². The fraction of sp³-hybridized carbons (Fsp3) is 0.714. The summed E-state index contributed by atoms with van der Waals surface area (Å²) in [5.74, 6) is 0. The van der Waals surface area contributed by atoms with Crippen molar-refractivity contribution in [3.05, 3.63) is 12.7 Å². The van der Waals surface area contributed by atoms with Crippen LogP contribution < -0.4 is 0 Å². The van der Waals surface area contributed by atoms with Gasteiger partial charge in [0.1, 0.15) is 0 Å². The van der Waals surface area contributed by atoms with Gasteiger partial charge in [0.25, 0.3) is 0 Å². The third-order valence-corrected chi connectivity index (χ3v) is 1.96. The molecule has 0 amide bonds. The first kappa shape index (κ1) is 6.78. The normalized spacial score (nSPS) is 41.8. The fourth-order valence-corrected chi connectivity index (χ4v) is 0.916. The Kier molecular flexibility index (Phi) is 1.60. The van der Waals surface area contributed by atoms with Gasteiger partial charge in [0.2, 0.25) is 0 Å². The van der Waals surface area contributed by atoms with Crippen LogP contribution in [0, 0.1) is 5.41 Å². The predicted octanol–water partition coefficient (Wildman–Crippen LogP) is 0.570. The summed E-state index contributed by atoms with van der Waals surface area (Å²) in [5.41, 5.74) is 0.0226. The lowest BCUT2D eigenvalue weighted by molar-refractivity contribution is -0.168. The van der Waals surface area contributed by atoms with Gasteiger partial charge in [0, 0.05) is 5.41 Å². The summed E-state index contributed by atoms with van der Waals surface area (Å²) in [7, 11) is 0. The molecule has 1 aliphatic rings. The van der Waals surface area contributed by atoms with Crippen molar-refractivity contribution < 1.29 is 9.84 Å². The van der Waals surface area contributed by atoms with Crippen molar-refractivity contribution in [1.29, 1.82) is 0 Å². The summed E-state index contributed by atoms with van der Waals surface area (Å²) in [6, 6.07) is 0. The summed E-state index contributed by atoms with van der Waals surface area (Å²) in [6.45, 7) is 6.49. The first-order valence-electron chi connectivity index (χ1n) is 3.09. The molecule has 2 heteroatoms. The second-order valence-corrected chi connectivity index (χ2v) is 2.69. The van der Waals surface area contributed by atoms with E-state index < -0.39 is 0 Å². The SMILES string of the molecule is C=CC1(C)COC1CO. The molecule has 2 unspecified atom stereocenters. The molecule has 0 aromatic rings. The third kappa shape index (κ3) is 0.884. The van der Waals surface area contributed by atoms with E-state index in [-0.39, 0.29) is 18.1 Å². The minimum atomic E-state index is -0.0185. The van der Waals surface area contributed by atoms with Crippen molar-refractivity contribution in [3.63, 3.8) is 0 Å². The Morgan fingerprint density at radius 1 is 2.00 bits per heavy atom. The Morgan fingerprint density at radius 2 is 2.67 bits per heavy atom. The van der Waals surface area contributed by atoms with Gasteiger partial charge in [-0.1, -0.05) is 13.0 Å². The van der Waals surface area contributed by atoms with E-state index in [2.05, 4.69) is 6.58 Å². The number of hydrogen-bond acceptors (Lipinski definition) is 2. The maximum atomic E-state index is 8.68. The van der Waals surface area contributed by atoms with Crippen molar-refractivity contribution in [2.45, 2.75) is 13.0 Å². The lowest BCUT2D eigenvalue weighted by Crippen LogP contribution is -2.50. The second kappa shape index (κ2) is 2.12. The molecule has 1 rings (SSSR count). The molecule has 1 N–H and O–H groups in total. The molecule has 1 saturated heterocycles. The molecule has 2 atom stereocenters. The molecular formula is C7H12O2. The van der Waals surface area contributed by atoms with Crippen molar-refractivity contribution in [2.24, 2.45) is 5.41 Å². The Balaban J connectivity index is 2.50. The monoisotopic (exact) mass is 128 g/mol. The van der Waals surface area contributed by atoms with E-state index in [1.807, 2.05) is 13.0 Å². The number of aliphatic hydroxyl groups excluding tert-OH is 1. The zero-order chi connectivity index (χ0) is 6.91.